The van der Waals surface area contributed by atoms with Crippen LogP contribution in [0.3, 0.4) is 0 Å². The van der Waals surface area contributed by atoms with Crippen LogP contribution in [-0.2, 0) is 11.2 Å². The molecule has 2 heterocycles. The molecule has 1 aliphatic rings. The number of rotatable bonds is 7. The first-order chi connectivity index (χ1) is 11.6. The number of halogens is 1. The molecule has 0 aromatic carbocycles. The van der Waals surface area contributed by atoms with Crippen molar-refractivity contribution in [3.8, 4) is 0 Å². The molecule has 1 saturated heterocycles. The van der Waals surface area contributed by atoms with E-state index in [0.717, 1.165) is 62.4 Å². The van der Waals surface area contributed by atoms with Gasteiger partial charge in [0.2, 0.25) is 0 Å². The zero-order valence-electron chi connectivity index (χ0n) is 15.7. The second-order valence-electron chi connectivity index (χ2n) is 6.63. The smallest absolute Gasteiger partial charge is 0.191 e. The Balaban J connectivity index is 0.00000312. The van der Waals surface area contributed by atoms with Gasteiger partial charge in [0.15, 0.2) is 5.96 Å². The van der Waals surface area contributed by atoms with Crippen molar-refractivity contribution in [1.29, 1.82) is 0 Å². The molecule has 0 spiro atoms. The number of hydrogen-bond donors (Lipinski definition) is 2. The van der Waals surface area contributed by atoms with Crippen molar-refractivity contribution in [3.05, 3.63) is 16.1 Å². The van der Waals surface area contributed by atoms with Gasteiger partial charge in [-0.05, 0) is 12.8 Å². The van der Waals surface area contributed by atoms with E-state index in [1.807, 2.05) is 6.92 Å². The Bertz CT molecular complexity index is 523. The Hall–Kier alpha value is -0.450. The summed E-state index contributed by atoms with van der Waals surface area (Å²) < 4.78 is 5.87. The predicted molar refractivity (Wildman–Crippen MR) is 116 cm³/mol. The molecule has 6 nitrogen and oxygen atoms in total. The Morgan fingerprint density at radius 2 is 2.28 bits per heavy atom. The van der Waals surface area contributed by atoms with Crippen molar-refractivity contribution in [2.24, 2.45) is 10.9 Å². The summed E-state index contributed by atoms with van der Waals surface area (Å²) in [6.45, 7) is 12.1. The highest BCUT2D eigenvalue weighted by atomic mass is 127. The van der Waals surface area contributed by atoms with Crippen molar-refractivity contribution in [2.45, 2.75) is 33.3 Å². The molecular weight excluding hydrogens is 449 g/mol. The van der Waals surface area contributed by atoms with Gasteiger partial charge in [-0.15, -0.1) is 35.3 Å². The summed E-state index contributed by atoms with van der Waals surface area (Å²) in [5.74, 6) is 1.52. The number of guanidine groups is 1. The summed E-state index contributed by atoms with van der Waals surface area (Å²) in [5.41, 5.74) is 1.14. The number of aromatic nitrogens is 1. The number of morpholine rings is 1. The lowest BCUT2D eigenvalue weighted by Crippen LogP contribution is -2.50. The Morgan fingerprint density at radius 1 is 1.48 bits per heavy atom. The first-order valence-electron chi connectivity index (χ1n) is 8.76. The number of hydrogen-bond acceptors (Lipinski definition) is 5. The monoisotopic (exact) mass is 481 g/mol. The van der Waals surface area contributed by atoms with Gasteiger partial charge < -0.3 is 15.4 Å². The summed E-state index contributed by atoms with van der Waals surface area (Å²) in [5, 5.41) is 9.95. The highest BCUT2D eigenvalue weighted by molar-refractivity contribution is 14.0. The SMILES string of the molecule is CN=C(NCCc1csc(C)n1)NCC1CN(CC(C)C)CCO1.I. The second kappa shape index (κ2) is 12.0. The van der Waals surface area contributed by atoms with E-state index < -0.39 is 0 Å². The van der Waals surface area contributed by atoms with Crippen LogP contribution < -0.4 is 10.6 Å². The minimum absolute atomic E-state index is 0. The van der Waals surface area contributed by atoms with E-state index >= 15 is 0 Å². The van der Waals surface area contributed by atoms with Gasteiger partial charge in [0.1, 0.15) is 0 Å². The molecule has 1 unspecified atom stereocenters. The van der Waals surface area contributed by atoms with E-state index in [0.29, 0.717) is 5.92 Å². The second-order valence-corrected chi connectivity index (χ2v) is 7.70. The molecule has 144 valence electrons. The molecule has 25 heavy (non-hydrogen) atoms. The van der Waals surface area contributed by atoms with Crippen molar-refractivity contribution in [2.75, 3.05) is 46.4 Å². The van der Waals surface area contributed by atoms with Gasteiger partial charge in [0.25, 0.3) is 0 Å². The lowest BCUT2D eigenvalue weighted by molar-refractivity contribution is -0.0284. The zero-order chi connectivity index (χ0) is 17.4. The van der Waals surface area contributed by atoms with E-state index in [9.17, 15) is 0 Å². The van der Waals surface area contributed by atoms with Crippen LogP contribution in [0.2, 0.25) is 0 Å². The lowest BCUT2D eigenvalue weighted by Gasteiger charge is -2.34. The molecule has 2 rings (SSSR count). The topological polar surface area (TPSA) is 61.8 Å². The van der Waals surface area contributed by atoms with Crippen LogP contribution in [0.15, 0.2) is 10.4 Å². The summed E-state index contributed by atoms with van der Waals surface area (Å²) >= 11 is 1.70. The Labute approximate surface area is 172 Å². The van der Waals surface area contributed by atoms with Crippen LogP contribution in [0, 0.1) is 12.8 Å². The molecule has 0 radical (unpaired) electrons. The van der Waals surface area contributed by atoms with Crippen molar-refractivity contribution < 1.29 is 4.74 Å². The molecule has 1 fully saturated rings. The third-order valence-corrected chi connectivity index (χ3v) is 4.73. The molecule has 1 aliphatic heterocycles. The van der Waals surface area contributed by atoms with Crippen molar-refractivity contribution in [1.82, 2.24) is 20.5 Å². The quantitative estimate of drug-likeness (QED) is 0.355. The molecule has 1 aromatic rings. The molecule has 8 heteroatoms. The van der Waals surface area contributed by atoms with Crippen LogP contribution in [0.4, 0.5) is 0 Å². The Morgan fingerprint density at radius 3 is 2.92 bits per heavy atom. The fourth-order valence-corrected chi connectivity index (χ4v) is 3.50. The summed E-state index contributed by atoms with van der Waals surface area (Å²) in [6.07, 6.45) is 1.13. The standard InChI is InChI=1S/C17H31N5OS.HI/c1-13(2)10-22-7-8-23-16(11-22)9-20-17(18-4)19-6-5-15-12-24-14(3)21-15;/h12-13,16H,5-11H2,1-4H3,(H2,18,19,20);1H. The van der Waals surface area contributed by atoms with Gasteiger partial charge in [-0.25, -0.2) is 4.98 Å². The van der Waals surface area contributed by atoms with Gasteiger partial charge in [-0.1, -0.05) is 13.8 Å². The van der Waals surface area contributed by atoms with Gasteiger partial charge in [-0.3, -0.25) is 9.89 Å². The normalized spacial score (nSPS) is 18.9. The van der Waals surface area contributed by atoms with Crippen LogP contribution >= 0.6 is 35.3 Å². The summed E-state index contributed by atoms with van der Waals surface area (Å²) in [4.78, 5) is 11.2. The number of aliphatic imine (C=N–C) groups is 1. The average molecular weight is 481 g/mol. The molecule has 2 N–H and O–H groups in total. The highest BCUT2D eigenvalue weighted by Gasteiger charge is 2.20. The number of thiazole rings is 1. The molecule has 0 amide bonds. The van der Waals surface area contributed by atoms with E-state index in [2.05, 4.69) is 44.7 Å². The fourth-order valence-electron chi connectivity index (χ4n) is 2.85. The summed E-state index contributed by atoms with van der Waals surface area (Å²) in [7, 11) is 1.80. The minimum atomic E-state index is 0. The molecule has 1 aromatic heterocycles. The average Bonchev–Trinajstić information content (AvgIpc) is 2.96. The maximum atomic E-state index is 5.87. The Kier molecular flexibility index (Phi) is 10.9. The molecule has 0 bridgehead atoms. The molecule has 1 atom stereocenters. The number of ether oxygens (including phenoxy) is 1. The fraction of sp³-hybridized carbons (Fsp3) is 0.765. The number of nitrogens with zero attached hydrogens (tertiary/aromatic N) is 3. The van der Waals surface area contributed by atoms with Gasteiger partial charge in [0, 0.05) is 51.6 Å². The lowest BCUT2D eigenvalue weighted by atomic mass is 10.2. The van der Waals surface area contributed by atoms with E-state index in [1.54, 1.807) is 18.4 Å². The molecule has 0 saturated carbocycles. The minimum Gasteiger partial charge on any atom is -0.374 e. The first-order valence-corrected chi connectivity index (χ1v) is 9.64. The van der Waals surface area contributed by atoms with E-state index in [1.165, 1.54) is 0 Å². The maximum absolute atomic E-state index is 5.87. The molecular formula is C17H32IN5OS. The van der Waals surface area contributed by atoms with Gasteiger partial charge in [-0.2, -0.15) is 0 Å². The van der Waals surface area contributed by atoms with Crippen molar-refractivity contribution in [3.63, 3.8) is 0 Å². The van der Waals surface area contributed by atoms with E-state index in [-0.39, 0.29) is 30.1 Å². The van der Waals surface area contributed by atoms with Crippen molar-refractivity contribution >= 4 is 41.3 Å². The highest BCUT2D eigenvalue weighted by Crippen LogP contribution is 2.08. The first kappa shape index (κ1) is 22.6. The number of aryl methyl sites for hydroxylation is 1. The predicted octanol–water partition coefficient (Wildman–Crippen LogP) is 2.13. The maximum Gasteiger partial charge on any atom is 0.191 e. The van der Waals surface area contributed by atoms with Crippen LogP contribution in [0.1, 0.15) is 24.5 Å². The van der Waals surface area contributed by atoms with Gasteiger partial charge in [0.05, 0.1) is 23.4 Å². The summed E-state index contributed by atoms with van der Waals surface area (Å²) in [6, 6.07) is 0. The third kappa shape index (κ3) is 8.65. The molecule has 0 aliphatic carbocycles. The van der Waals surface area contributed by atoms with Crippen LogP contribution in [-0.4, -0.2) is 68.3 Å². The van der Waals surface area contributed by atoms with Crippen LogP contribution in [0.5, 0.6) is 0 Å². The van der Waals surface area contributed by atoms with Gasteiger partial charge >= 0.3 is 0 Å². The number of nitrogens with one attached hydrogen (secondary N) is 2. The third-order valence-electron chi connectivity index (χ3n) is 3.91. The largest absolute Gasteiger partial charge is 0.374 e. The van der Waals surface area contributed by atoms with E-state index in [4.69, 9.17) is 4.74 Å². The van der Waals surface area contributed by atoms with Crippen LogP contribution in [0.25, 0.3) is 0 Å². The zero-order valence-corrected chi connectivity index (χ0v) is 18.9.